The number of nitrogens with one attached hydrogen (secondary N) is 3. The summed E-state index contributed by atoms with van der Waals surface area (Å²) in [5, 5.41) is 3.07. The fraction of sp³-hybridized carbons (Fsp3) is 0.611. The van der Waals surface area contributed by atoms with E-state index in [2.05, 4.69) is 45.3 Å². The van der Waals surface area contributed by atoms with E-state index in [9.17, 15) is 4.79 Å². The van der Waals surface area contributed by atoms with Gasteiger partial charge in [-0.3, -0.25) is 15.6 Å². The number of carbonyl (C=O) groups excluding carboxylic acids is 1. The van der Waals surface area contributed by atoms with Gasteiger partial charge in [0, 0.05) is 44.8 Å². The molecule has 0 saturated carbocycles. The second-order valence-corrected chi connectivity index (χ2v) is 6.59. The van der Waals surface area contributed by atoms with Gasteiger partial charge in [0.25, 0.3) is 0 Å². The molecule has 5 heteroatoms. The molecule has 1 aromatic rings. The van der Waals surface area contributed by atoms with Crippen LogP contribution in [0.2, 0.25) is 0 Å². The molecule has 3 N–H and O–H groups in total. The highest BCUT2D eigenvalue weighted by Crippen LogP contribution is 2.25. The third-order valence-corrected chi connectivity index (χ3v) is 4.83. The lowest BCUT2D eigenvalue weighted by Gasteiger charge is -2.31. The van der Waals surface area contributed by atoms with Crippen LogP contribution in [0.4, 0.5) is 5.69 Å². The van der Waals surface area contributed by atoms with Crippen molar-refractivity contribution in [3.8, 4) is 0 Å². The molecule has 0 aliphatic carbocycles. The van der Waals surface area contributed by atoms with Crippen LogP contribution in [-0.2, 0) is 11.2 Å². The van der Waals surface area contributed by atoms with Crippen molar-refractivity contribution in [3.63, 3.8) is 0 Å². The number of nitrogens with zero attached hydrogens (tertiary/aromatic N) is 1. The van der Waals surface area contributed by atoms with Gasteiger partial charge >= 0.3 is 0 Å². The second kappa shape index (κ2) is 8.31. The van der Waals surface area contributed by atoms with Gasteiger partial charge in [-0.25, -0.2) is 0 Å². The Balaban J connectivity index is 1.34. The first-order valence-electron chi connectivity index (χ1n) is 8.88. The molecule has 2 heterocycles. The minimum Gasteiger partial charge on any atom is -0.370 e. The Hall–Kier alpha value is -1.59. The molecule has 5 nitrogen and oxygen atoms in total. The highest BCUT2D eigenvalue weighted by atomic mass is 16.1. The molecule has 0 bridgehead atoms. The van der Waals surface area contributed by atoms with Crippen LogP contribution in [0.25, 0.3) is 0 Å². The van der Waals surface area contributed by atoms with Gasteiger partial charge in [0.1, 0.15) is 0 Å². The zero-order valence-corrected chi connectivity index (χ0v) is 13.8. The van der Waals surface area contributed by atoms with Crippen molar-refractivity contribution >= 4 is 11.6 Å². The molecular weight excluding hydrogens is 288 g/mol. The summed E-state index contributed by atoms with van der Waals surface area (Å²) >= 11 is 0. The van der Waals surface area contributed by atoms with E-state index in [4.69, 9.17) is 0 Å². The van der Waals surface area contributed by atoms with Crippen molar-refractivity contribution in [2.24, 2.45) is 5.92 Å². The van der Waals surface area contributed by atoms with Crippen molar-refractivity contribution in [1.29, 1.82) is 0 Å². The third-order valence-electron chi connectivity index (χ3n) is 4.83. The van der Waals surface area contributed by atoms with Crippen LogP contribution in [-0.4, -0.2) is 38.6 Å². The van der Waals surface area contributed by atoms with Crippen LogP contribution < -0.4 is 21.1 Å². The zero-order chi connectivity index (χ0) is 15.9. The van der Waals surface area contributed by atoms with Gasteiger partial charge in [-0.1, -0.05) is 18.2 Å². The van der Waals surface area contributed by atoms with E-state index in [-0.39, 0.29) is 5.91 Å². The molecule has 3 rings (SSSR count). The lowest BCUT2D eigenvalue weighted by Crippen LogP contribution is -2.37. The smallest absolute Gasteiger partial charge is 0.220 e. The molecule has 23 heavy (non-hydrogen) atoms. The standard InChI is InChI=1S/C18H28N4O/c23-18(9-3-5-15-13-20-21-14-15)19-10-12-22-11-4-7-16-6-1-2-8-17(16)22/h1-2,6,8,15,20-21H,3-5,7,9-14H2,(H,19,23). The molecule has 0 atom stereocenters. The Kier molecular flexibility index (Phi) is 5.88. The molecular formula is C18H28N4O. The molecule has 126 valence electrons. The van der Waals surface area contributed by atoms with Crippen molar-refractivity contribution < 1.29 is 4.79 Å². The van der Waals surface area contributed by atoms with Crippen molar-refractivity contribution in [3.05, 3.63) is 29.8 Å². The Morgan fingerprint density at radius 1 is 1.26 bits per heavy atom. The van der Waals surface area contributed by atoms with E-state index in [0.29, 0.717) is 12.3 Å². The molecule has 2 aliphatic rings. The number of benzene rings is 1. The third kappa shape index (κ3) is 4.69. The number of para-hydroxylation sites is 1. The van der Waals surface area contributed by atoms with Crippen LogP contribution in [0, 0.1) is 5.92 Å². The van der Waals surface area contributed by atoms with E-state index in [1.807, 2.05) is 0 Å². The fourth-order valence-corrected chi connectivity index (χ4v) is 3.52. The van der Waals surface area contributed by atoms with E-state index >= 15 is 0 Å². The summed E-state index contributed by atoms with van der Waals surface area (Å²) in [5.74, 6) is 0.863. The molecule has 1 fully saturated rings. The summed E-state index contributed by atoms with van der Waals surface area (Å²) in [4.78, 5) is 14.3. The summed E-state index contributed by atoms with van der Waals surface area (Å²) < 4.78 is 0. The summed E-state index contributed by atoms with van der Waals surface area (Å²) in [6.45, 7) is 4.78. The molecule has 1 aromatic carbocycles. The Labute approximate surface area is 138 Å². The lowest BCUT2D eigenvalue weighted by molar-refractivity contribution is -0.121. The van der Waals surface area contributed by atoms with Gasteiger partial charge < -0.3 is 10.2 Å². The van der Waals surface area contributed by atoms with E-state index in [1.54, 1.807) is 0 Å². The maximum Gasteiger partial charge on any atom is 0.220 e. The second-order valence-electron chi connectivity index (χ2n) is 6.59. The Morgan fingerprint density at radius 2 is 2.09 bits per heavy atom. The monoisotopic (exact) mass is 316 g/mol. The Bertz CT molecular complexity index is 513. The quantitative estimate of drug-likeness (QED) is 0.713. The van der Waals surface area contributed by atoms with Crippen LogP contribution >= 0.6 is 0 Å². The molecule has 1 amide bonds. The number of hydrazine groups is 1. The van der Waals surface area contributed by atoms with Crippen LogP contribution in [0.5, 0.6) is 0 Å². The van der Waals surface area contributed by atoms with Gasteiger partial charge in [0.15, 0.2) is 0 Å². The average molecular weight is 316 g/mol. The minimum absolute atomic E-state index is 0.189. The molecule has 2 aliphatic heterocycles. The number of aryl methyl sites for hydroxylation is 1. The number of anilines is 1. The zero-order valence-electron chi connectivity index (χ0n) is 13.8. The van der Waals surface area contributed by atoms with Crippen LogP contribution in [0.15, 0.2) is 24.3 Å². The first-order chi connectivity index (χ1) is 11.3. The van der Waals surface area contributed by atoms with E-state index < -0.39 is 0 Å². The molecule has 0 spiro atoms. The maximum atomic E-state index is 11.9. The van der Waals surface area contributed by atoms with Crippen LogP contribution in [0.3, 0.4) is 0 Å². The first kappa shape index (κ1) is 16.3. The highest BCUT2D eigenvalue weighted by Gasteiger charge is 2.16. The van der Waals surface area contributed by atoms with Gasteiger partial charge in [-0.2, -0.15) is 0 Å². The highest BCUT2D eigenvalue weighted by molar-refractivity contribution is 5.75. The van der Waals surface area contributed by atoms with Crippen molar-refractivity contribution in [1.82, 2.24) is 16.2 Å². The SMILES string of the molecule is O=C(CCCC1CNNC1)NCCN1CCCc2ccccc21. The number of amides is 1. The van der Waals surface area contributed by atoms with Gasteiger partial charge in [0.2, 0.25) is 5.91 Å². The van der Waals surface area contributed by atoms with Crippen molar-refractivity contribution in [2.45, 2.75) is 32.1 Å². The predicted molar refractivity (Wildman–Crippen MR) is 93.3 cm³/mol. The number of hydrogen-bond donors (Lipinski definition) is 3. The average Bonchev–Trinajstić information content (AvgIpc) is 3.08. The Morgan fingerprint density at radius 3 is 2.96 bits per heavy atom. The van der Waals surface area contributed by atoms with Crippen LogP contribution in [0.1, 0.15) is 31.2 Å². The predicted octanol–water partition coefficient (Wildman–Crippen LogP) is 1.45. The summed E-state index contributed by atoms with van der Waals surface area (Å²) in [5.41, 5.74) is 9.04. The summed E-state index contributed by atoms with van der Waals surface area (Å²) in [6.07, 6.45) is 5.12. The number of carbonyl (C=O) groups is 1. The normalized spacial score (nSPS) is 18.0. The first-order valence-corrected chi connectivity index (χ1v) is 8.88. The lowest BCUT2D eigenvalue weighted by atomic mass is 10.0. The molecule has 0 radical (unpaired) electrons. The topological polar surface area (TPSA) is 56.4 Å². The van der Waals surface area contributed by atoms with E-state index in [0.717, 1.165) is 45.6 Å². The molecule has 0 unspecified atom stereocenters. The fourth-order valence-electron chi connectivity index (χ4n) is 3.52. The molecule has 0 aromatic heterocycles. The number of hydrogen-bond acceptors (Lipinski definition) is 4. The van der Waals surface area contributed by atoms with Gasteiger partial charge in [-0.15, -0.1) is 0 Å². The molecule has 1 saturated heterocycles. The largest absolute Gasteiger partial charge is 0.370 e. The summed E-state index contributed by atoms with van der Waals surface area (Å²) in [6, 6.07) is 8.62. The number of rotatable bonds is 7. The summed E-state index contributed by atoms with van der Waals surface area (Å²) in [7, 11) is 0. The number of fused-ring (bicyclic) bond motifs is 1. The van der Waals surface area contributed by atoms with E-state index in [1.165, 1.54) is 24.1 Å². The minimum atomic E-state index is 0.189. The maximum absolute atomic E-state index is 11.9. The van der Waals surface area contributed by atoms with Gasteiger partial charge in [-0.05, 0) is 43.2 Å². The van der Waals surface area contributed by atoms with Crippen molar-refractivity contribution in [2.75, 3.05) is 37.6 Å². The van der Waals surface area contributed by atoms with Gasteiger partial charge in [0.05, 0.1) is 0 Å².